The second kappa shape index (κ2) is 12.0. The predicted octanol–water partition coefficient (Wildman–Crippen LogP) is 3.70. The van der Waals surface area contributed by atoms with Crippen molar-refractivity contribution in [2.45, 2.75) is 17.7 Å². The molecule has 1 aromatic heterocycles. The number of nitrogens with zero attached hydrogens (tertiary/aromatic N) is 4. The minimum Gasteiger partial charge on any atom is -0.495 e. The average molecular weight is 586 g/mol. The van der Waals surface area contributed by atoms with E-state index >= 15 is 0 Å². The van der Waals surface area contributed by atoms with Crippen molar-refractivity contribution in [3.05, 3.63) is 59.2 Å². The van der Waals surface area contributed by atoms with Gasteiger partial charge in [0.05, 0.1) is 24.7 Å². The lowest BCUT2D eigenvalue weighted by atomic mass is 10.1. The van der Waals surface area contributed by atoms with Crippen molar-refractivity contribution in [2.75, 3.05) is 57.5 Å². The minimum absolute atomic E-state index is 0.0636. The second-order valence-electron chi connectivity index (χ2n) is 9.94. The number of piperazine rings is 1. The van der Waals surface area contributed by atoms with Crippen LogP contribution in [-0.2, 0) is 10.0 Å². The van der Waals surface area contributed by atoms with Crippen molar-refractivity contribution in [2.24, 2.45) is 5.92 Å². The highest BCUT2D eigenvalue weighted by molar-refractivity contribution is 7.89. The van der Waals surface area contributed by atoms with Crippen molar-refractivity contribution in [3.8, 4) is 5.75 Å². The molecule has 5 rings (SSSR count). The molecule has 2 aliphatic rings. The van der Waals surface area contributed by atoms with Gasteiger partial charge in [0.2, 0.25) is 16.0 Å². The number of rotatable bonds is 10. The third kappa shape index (κ3) is 6.64. The summed E-state index contributed by atoms with van der Waals surface area (Å²) in [7, 11) is -0.169. The summed E-state index contributed by atoms with van der Waals surface area (Å²) in [5.74, 6) is 1.23. The van der Waals surface area contributed by atoms with Gasteiger partial charge in [0.25, 0.3) is 5.91 Å². The van der Waals surface area contributed by atoms with Crippen LogP contribution in [0.15, 0.2) is 53.6 Å². The molecule has 212 valence electrons. The molecule has 1 saturated heterocycles. The highest BCUT2D eigenvalue weighted by Crippen LogP contribution is 2.32. The summed E-state index contributed by atoms with van der Waals surface area (Å²) >= 11 is 6.39. The van der Waals surface area contributed by atoms with Gasteiger partial charge in [-0.3, -0.25) is 4.79 Å². The standard InChI is InChI=1S/C27H32ClN7O4S/c1-34-11-13-35(14-12-34)26(36)19-9-10-23(39-2)22(15-19)32-27-29-17-20(28)25(33-27)31-21-5-3-4-6-24(21)40(37,38)30-16-18-7-8-18/h3-6,9-10,15,17-18,30H,7-8,11-14,16H2,1-2H3,(H2,29,31,32,33). The molecule has 0 atom stereocenters. The quantitative estimate of drug-likeness (QED) is 0.326. The van der Waals surface area contributed by atoms with Gasteiger partial charge in [0.15, 0.2) is 5.82 Å². The van der Waals surface area contributed by atoms with Crippen LogP contribution in [-0.4, -0.2) is 81.0 Å². The third-order valence-corrected chi connectivity index (χ3v) is 8.67. The summed E-state index contributed by atoms with van der Waals surface area (Å²) in [6.45, 7) is 3.38. The SMILES string of the molecule is COc1ccc(C(=O)N2CCN(C)CC2)cc1Nc1ncc(Cl)c(Nc2ccccc2S(=O)(=O)NCC2CC2)n1. The monoisotopic (exact) mass is 585 g/mol. The van der Waals surface area contributed by atoms with Gasteiger partial charge >= 0.3 is 0 Å². The lowest BCUT2D eigenvalue weighted by Gasteiger charge is -2.32. The first-order valence-electron chi connectivity index (χ1n) is 13.0. The fraction of sp³-hybridized carbons (Fsp3) is 0.370. The number of likely N-dealkylation sites (N-methyl/N-ethyl adjacent to an activating group) is 1. The number of anilines is 4. The molecular weight excluding hydrogens is 554 g/mol. The van der Waals surface area contributed by atoms with Gasteiger partial charge in [-0.2, -0.15) is 4.98 Å². The molecule has 0 radical (unpaired) electrons. The smallest absolute Gasteiger partial charge is 0.254 e. The lowest BCUT2D eigenvalue weighted by Crippen LogP contribution is -2.47. The Labute approximate surface area is 238 Å². The summed E-state index contributed by atoms with van der Waals surface area (Å²) in [6.07, 6.45) is 3.48. The molecule has 3 N–H and O–H groups in total. The fourth-order valence-electron chi connectivity index (χ4n) is 4.33. The Morgan fingerprint density at radius 2 is 1.82 bits per heavy atom. The van der Waals surface area contributed by atoms with Crippen LogP contribution in [0.25, 0.3) is 0 Å². The maximum atomic E-state index is 13.1. The Morgan fingerprint density at radius 3 is 2.55 bits per heavy atom. The van der Waals surface area contributed by atoms with Crippen LogP contribution in [0.2, 0.25) is 5.02 Å². The zero-order chi connectivity index (χ0) is 28.3. The van der Waals surface area contributed by atoms with E-state index in [1.165, 1.54) is 19.4 Å². The number of ether oxygens (including phenoxy) is 1. The number of carbonyl (C=O) groups excluding carboxylic acids is 1. The number of halogens is 1. The largest absolute Gasteiger partial charge is 0.495 e. The van der Waals surface area contributed by atoms with Crippen molar-refractivity contribution in [1.82, 2.24) is 24.5 Å². The molecule has 13 heteroatoms. The zero-order valence-corrected chi connectivity index (χ0v) is 23.9. The topological polar surface area (TPSA) is 129 Å². The molecule has 3 aromatic rings. The van der Waals surface area contributed by atoms with Crippen molar-refractivity contribution in [1.29, 1.82) is 0 Å². The van der Waals surface area contributed by atoms with Gasteiger partial charge in [-0.05, 0) is 56.1 Å². The van der Waals surface area contributed by atoms with Gasteiger partial charge in [0, 0.05) is 38.3 Å². The van der Waals surface area contributed by atoms with Gasteiger partial charge < -0.3 is 25.2 Å². The molecule has 1 amide bonds. The van der Waals surface area contributed by atoms with Gasteiger partial charge in [-0.25, -0.2) is 18.1 Å². The normalized spacial score (nSPS) is 16.0. The molecule has 1 aliphatic heterocycles. The second-order valence-corrected chi connectivity index (χ2v) is 12.1. The van der Waals surface area contributed by atoms with E-state index in [1.54, 1.807) is 36.4 Å². The van der Waals surface area contributed by atoms with E-state index in [-0.39, 0.29) is 27.6 Å². The number of sulfonamides is 1. The molecule has 2 fully saturated rings. The number of aromatic nitrogens is 2. The van der Waals surface area contributed by atoms with Crippen LogP contribution in [0.4, 0.5) is 23.1 Å². The number of benzene rings is 2. The molecule has 40 heavy (non-hydrogen) atoms. The van der Waals surface area contributed by atoms with E-state index in [2.05, 4.69) is 30.2 Å². The third-order valence-electron chi connectivity index (χ3n) is 6.92. The molecule has 2 heterocycles. The lowest BCUT2D eigenvalue weighted by molar-refractivity contribution is 0.0664. The van der Waals surface area contributed by atoms with Crippen LogP contribution in [0.1, 0.15) is 23.2 Å². The van der Waals surface area contributed by atoms with E-state index < -0.39 is 10.0 Å². The van der Waals surface area contributed by atoms with Crippen molar-refractivity contribution >= 4 is 50.7 Å². The summed E-state index contributed by atoms with van der Waals surface area (Å²) in [5.41, 5.74) is 1.34. The molecule has 0 spiro atoms. The van der Waals surface area contributed by atoms with Gasteiger partial charge in [-0.1, -0.05) is 23.7 Å². The first-order chi connectivity index (χ1) is 19.2. The molecule has 0 unspecified atom stereocenters. The molecule has 1 aliphatic carbocycles. The van der Waals surface area contributed by atoms with Crippen molar-refractivity contribution < 1.29 is 17.9 Å². The summed E-state index contributed by atoms with van der Waals surface area (Å²) in [4.78, 5) is 26.0. The number of carbonyl (C=O) groups is 1. The molecule has 1 saturated carbocycles. The van der Waals surface area contributed by atoms with Crippen LogP contribution in [0, 0.1) is 5.92 Å². The van der Waals surface area contributed by atoms with E-state index in [0.717, 1.165) is 25.9 Å². The molecule has 11 nitrogen and oxygen atoms in total. The van der Waals surface area contributed by atoms with E-state index in [4.69, 9.17) is 16.3 Å². The average Bonchev–Trinajstić information content (AvgIpc) is 3.79. The molecule has 2 aromatic carbocycles. The maximum Gasteiger partial charge on any atom is 0.254 e. The highest BCUT2D eigenvalue weighted by atomic mass is 35.5. The summed E-state index contributed by atoms with van der Waals surface area (Å²) in [6, 6.07) is 11.7. The van der Waals surface area contributed by atoms with Crippen molar-refractivity contribution in [3.63, 3.8) is 0 Å². The maximum absolute atomic E-state index is 13.1. The first-order valence-corrected chi connectivity index (χ1v) is 14.9. The van der Waals surface area contributed by atoms with Crippen LogP contribution >= 0.6 is 11.6 Å². The Kier molecular flexibility index (Phi) is 8.40. The van der Waals surface area contributed by atoms with Crippen LogP contribution in [0.5, 0.6) is 5.75 Å². The van der Waals surface area contributed by atoms with Gasteiger partial charge in [0.1, 0.15) is 15.7 Å². The number of amides is 1. The number of nitrogens with one attached hydrogen (secondary N) is 3. The zero-order valence-electron chi connectivity index (χ0n) is 22.4. The molecular formula is C27H32ClN7O4S. The Morgan fingerprint density at radius 1 is 1.07 bits per heavy atom. The fourth-order valence-corrected chi connectivity index (χ4v) is 5.74. The van der Waals surface area contributed by atoms with E-state index in [1.807, 2.05) is 11.9 Å². The number of para-hydroxylation sites is 1. The van der Waals surface area contributed by atoms with Crippen LogP contribution < -0.4 is 20.1 Å². The Bertz CT molecular complexity index is 1490. The summed E-state index contributed by atoms with van der Waals surface area (Å²) in [5, 5.41) is 6.36. The number of methoxy groups -OCH3 is 1. The van der Waals surface area contributed by atoms with E-state index in [9.17, 15) is 13.2 Å². The summed E-state index contributed by atoms with van der Waals surface area (Å²) < 4.78 is 34.1. The Balaban J connectivity index is 1.37. The van der Waals surface area contributed by atoms with Crippen LogP contribution in [0.3, 0.4) is 0 Å². The predicted molar refractivity (Wildman–Crippen MR) is 154 cm³/mol. The highest BCUT2D eigenvalue weighted by Gasteiger charge is 2.26. The Hall–Kier alpha value is -3.45. The number of hydrogen-bond donors (Lipinski definition) is 3. The van der Waals surface area contributed by atoms with E-state index in [0.29, 0.717) is 48.2 Å². The molecule has 0 bridgehead atoms. The minimum atomic E-state index is -3.74. The number of hydrogen-bond acceptors (Lipinski definition) is 9. The van der Waals surface area contributed by atoms with Gasteiger partial charge in [-0.15, -0.1) is 0 Å². The first kappa shape index (κ1) is 28.1.